The average Bonchev–Trinajstić information content (AvgIpc) is 2.93. The average molecular weight is 311 g/mol. The fourth-order valence-electron chi connectivity index (χ4n) is 2.86. The van der Waals surface area contributed by atoms with Crippen molar-refractivity contribution in [3.05, 3.63) is 71.3 Å². The molecule has 0 saturated heterocycles. The molecule has 0 unspecified atom stereocenters. The van der Waals surface area contributed by atoms with Gasteiger partial charge in [-0.3, -0.25) is 0 Å². The predicted molar refractivity (Wildman–Crippen MR) is 84.0 cm³/mol. The summed E-state index contributed by atoms with van der Waals surface area (Å²) < 4.78 is 5.15. The molecule has 23 heavy (non-hydrogen) atoms. The van der Waals surface area contributed by atoms with E-state index < -0.39 is 17.6 Å². The van der Waals surface area contributed by atoms with E-state index in [4.69, 9.17) is 4.74 Å². The minimum absolute atomic E-state index is 0.106. The molecule has 0 fully saturated rings. The maximum atomic E-state index is 12.0. The Labute approximate surface area is 133 Å². The molecule has 5 nitrogen and oxygen atoms in total. The molecular formula is C18H17NO4. The molecule has 2 aromatic rings. The van der Waals surface area contributed by atoms with Crippen LogP contribution in [0.25, 0.3) is 0 Å². The first-order valence-corrected chi connectivity index (χ1v) is 7.38. The molecule has 3 rings (SSSR count). The number of fused-ring (bicyclic) bond motifs is 1. The molecule has 0 radical (unpaired) electrons. The summed E-state index contributed by atoms with van der Waals surface area (Å²) in [5.74, 6) is -1.05. The summed E-state index contributed by atoms with van der Waals surface area (Å²) >= 11 is 0. The van der Waals surface area contributed by atoms with Crippen molar-refractivity contribution < 1.29 is 19.4 Å². The Morgan fingerprint density at radius 3 is 2.13 bits per heavy atom. The molecule has 0 aromatic heterocycles. The second kappa shape index (κ2) is 6.12. The van der Waals surface area contributed by atoms with Crippen LogP contribution >= 0.6 is 0 Å². The van der Waals surface area contributed by atoms with Crippen molar-refractivity contribution in [2.24, 2.45) is 0 Å². The molecule has 0 aliphatic heterocycles. The molecule has 2 aromatic carbocycles. The molecule has 0 atom stereocenters. The largest absolute Gasteiger partial charge is 0.479 e. The van der Waals surface area contributed by atoms with Crippen LogP contribution in [0.1, 0.15) is 16.7 Å². The van der Waals surface area contributed by atoms with Gasteiger partial charge in [0.25, 0.3) is 0 Å². The van der Waals surface area contributed by atoms with Crippen LogP contribution in [0.3, 0.4) is 0 Å². The standard InChI is InChI=1S/C18H17NO4/c20-16(21)18(10-14-8-4-5-9-15(14)11-18)19-17(22)23-12-13-6-2-1-3-7-13/h1-9H,10-12H2,(H,19,22)(H,20,21). The van der Waals surface area contributed by atoms with Gasteiger partial charge in [0.15, 0.2) is 0 Å². The van der Waals surface area contributed by atoms with Crippen LogP contribution in [0.5, 0.6) is 0 Å². The van der Waals surface area contributed by atoms with Crippen molar-refractivity contribution in [3.63, 3.8) is 0 Å². The van der Waals surface area contributed by atoms with Gasteiger partial charge in [-0.15, -0.1) is 0 Å². The second-order valence-electron chi connectivity index (χ2n) is 5.70. The Balaban J connectivity index is 1.67. The van der Waals surface area contributed by atoms with Crippen molar-refractivity contribution in [3.8, 4) is 0 Å². The summed E-state index contributed by atoms with van der Waals surface area (Å²) in [4.78, 5) is 23.8. The summed E-state index contributed by atoms with van der Waals surface area (Å²) in [7, 11) is 0. The van der Waals surface area contributed by atoms with Gasteiger partial charge in [-0.1, -0.05) is 54.6 Å². The second-order valence-corrected chi connectivity index (χ2v) is 5.70. The molecule has 0 bridgehead atoms. The SMILES string of the molecule is O=C(NC1(C(=O)O)Cc2ccccc2C1)OCc1ccccc1. The number of ether oxygens (including phenoxy) is 1. The highest BCUT2D eigenvalue weighted by Crippen LogP contribution is 2.30. The number of amides is 1. The summed E-state index contributed by atoms with van der Waals surface area (Å²) in [5, 5.41) is 12.1. The molecule has 0 saturated carbocycles. The monoisotopic (exact) mass is 311 g/mol. The van der Waals surface area contributed by atoms with E-state index in [1.807, 2.05) is 54.6 Å². The summed E-state index contributed by atoms with van der Waals surface area (Å²) in [6.07, 6.45) is -0.193. The van der Waals surface area contributed by atoms with E-state index in [1.54, 1.807) is 0 Å². The lowest BCUT2D eigenvalue weighted by Crippen LogP contribution is -2.55. The van der Waals surface area contributed by atoms with Crippen LogP contribution in [0.2, 0.25) is 0 Å². The highest BCUT2D eigenvalue weighted by atomic mass is 16.5. The van der Waals surface area contributed by atoms with Gasteiger partial charge in [0.05, 0.1) is 0 Å². The lowest BCUT2D eigenvalue weighted by molar-refractivity contribution is -0.144. The van der Waals surface area contributed by atoms with Gasteiger partial charge < -0.3 is 15.2 Å². The third-order valence-electron chi connectivity index (χ3n) is 4.07. The Morgan fingerprint density at radius 1 is 1.00 bits per heavy atom. The third kappa shape index (κ3) is 3.18. The fraction of sp³-hybridized carbons (Fsp3) is 0.222. The Hall–Kier alpha value is -2.82. The van der Waals surface area contributed by atoms with E-state index in [0.29, 0.717) is 0 Å². The number of carboxylic acid groups (broad SMARTS) is 1. The highest BCUT2D eigenvalue weighted by molar-refractivity contribution is 5.86. The van der Waals surface area contributed by atoms with Crippen LogP contribution in [0, 0.1) is 0 Å². The smallest absolute Gasteiger partial charge is 0.408 e. The molecule has 1 aliphatic carbocycles. The van der Waals surface area contributed by atoms with Crippen LogP contribution < -0.4 is 5.32 Å². The number of carbonyl (C=O) groups is 2. The number of aliphatic carboxylic acids is 1. The summed E-state index contributed by atoms with van der Waals surface area (Å²) in [5.41, 5.74) is 1.40. The number of carbonyl (C=O) groups excluding carboxylic acids is 1. The minimum atomic E-state index is -1.34. The van der Waals surface area contributed by atoms with Crippen LogP contribution in [-0.2, 0) is 29.0 Å². The van der Waals surface area contributed by atoms with Gasteiger partial charge in [0, 0.05) is 12.8 Å². The van der Waals surface area contributed by atoms with Gasteiger partial charge in [0.1, 0.15) is 12.1 Å². The number of hydrogen-bond acceptors (Lipinski definition) is 3. The van der Waals surface area contributed by atoms with Crippen molar-refractivity contribution in [1.82, 2.24) is 5.32 Å². The van der Waals surface area contributed by atoms with Crippen molar-refractivity contribution in [1.29, 1.82) is 0 Å². The van der Waals surface area contributed by atoms with Crippen LogP contribution in [-0.4, -0.2) is 22.7 Å². The predicted octanol–water partition coefficient (Wildman–Crippen LogP) is 2.54. The molecule has 1 aliphatic rings. The number of carboxylic acids is 1. The molecule has 0 heterocycles. The van der Waals surface area contributed by atoms with E-state index in [2.05, 4.69) is 5.32 Å². The number of benzene rings is 2. The summed E-state index contributed by atoms with van der Waals surface area (Å²) in [6.45, 7) is 0.106. The Kier molecular flexibility index (Phi) is 4.02. The number of rotatable bonds is 4. The Bertz CT molecular complexity index is 702. The third-order valence-corrected chi connectivity index (χ3v) is 4.07. The fourth-order valence-corrected chi connectivity index (χ4v) is 2.86. The molecule has 118 valence electrons. The molecule has 1 amide bonds. The van der Waals surface area contributed by atoms with E-state index in [1.165, 1.54) is 0 Å². The zero-order valence-electron chi connectivity index (χ0n) is 12.5. The van der Waals surface area contributed by atoms with Gasteiger partial charge >= 0.3 is 12.1 Å². The van der Waals surface area contributed by atoms with E-state index in [9.17, 15) is 14.7 Å². The number of hydrogen-bond donors (Lipinski definition) is 2. The van der Waals surface area contributed by atoms with E-state index in [0.717, 1.165) is 16.7 Å². The quantitative estimate of drug-likeness (QED) is 0.910. The highest BCUT2D eigenvalue weighted by Gasteiger charge is 2.45. The first kappa shape index (κ1) is 15.1. The molecular weight excluding hydrogens is 294 g/mol. The van der Waals surface area contributed by atoms with Gasteiger partial charge in [-0.05, 0) is 16.7 Å². The van der Waals surface area contributed by atoms with Gasteiger partial charge in [-0.25, -0.2) is 9.59 Å². The Morgan fingerprint density at radius 2 is 1.57 bits per heavy atom. The van der Waals surface area contributed by atoms with Crippen molar-refractivity contribution in [2.75, 3.05) is 0 Å². The van der Waals surface area contributed by atoms with E-state index in [-0.39, 0.29) is 19.4 Å². The van der Waals surface area contributed by atoms with Crippen LogP contribution in [0.15, 0.2) is 54.6 Å². The lowest BCUT2D eigenvalue weighted by Gasteiger charge is -2.25. The first-order chi connectivity index (χ1) is 11.1. The number of nitrogens with one attached hydrogen (secondary N) is 1. The van der Waals surface area contributed by atoms with Crippen molar-refractivity contribution >= 4 is 12.1 Å². The zero-order valence-corrected chi connectivity index (χ0v) is 12.5. The normalized spacial score (nSPS) is 14.8. The topological polar surface area (TPSA) is 75.6 Å². The molecule has 0 spiro atoms. The zero-order chi connectivity index (χ0) is 16.3. The number of alkyl carbamates (subject to hydrolysis) is 1. The lowest BCUT2D eigenvalue weighted by atomic mass is 9.96. The molecule has 5 heteroatoms. The summed E-state index contributed by atoms with van der Waals surface area (Å²) in [6, 6.07) is 16.8. The van der Waals surface area contributed by atoms with Gasteiger partial charge in [-0.2, -0.15) is 0 Å². The maximum absolute atomic E-state index is 12.0. The first-order valence-electron chi connectivity index (χ1n) is 7.38. The van der Waals surface area contributed by atoms with Crippen molar-refractivity contribution in [2.45, 2.75) is 25.0 Å². The maximum Gasteiger partial charge on any atom is 0.408 e. The van der Waals surface area contributed by atoms with Crippen LogP contribution in [0.4, 0.5) is 4.79 Å². The van der Waals surface area contributed by atoms with E-state index >= 15 is 0 Å². The molecule has 2 N–H and O–H groups in total. The van der Waals surface area contributed by atoms with Gasteiger partial charge in [0.2, 0.25) is 0 Å². The minimum Gasteiger partial charge on any atom is -0.479 e.